The van der Waals surface area contributed by atoms with E-state index in [2.05, 4.69) is 31.2 Å². The van der Waals surface area contributed by atoms with Crippen molar-refractivity contribution in [2.75, 3.05) is 0 Å². The number of aryl methyl sites for hydroxylation is 1. The summed E-state index contributed by atoms with van der Waals surface area (Å²) in [6, 6.07) is 14.3. The number of rotatable bonds is 7. The van der Waals surface area contributed by atoms with Gasteiger partial charge in [0, 0.05) is 0 Å². The van der Waals surface area contributed by atoms with Crippen LogP contribution in [-0.4, -0.2) is 0 Å². The predicted octanol–water partition coefficient (Wildman–Crippen LogP) is 8.21. The van der Waals surface area contributed by atoms with Crippen LogP contribution in [0, 0.1) is 23.1 Å². The molecule has 0 saturated heterocycles. The molecule has 0 aromatic heterocycles. The Balaban J connectivity index is 1.35. The first-order valence-electron chi connectivity index (χ1n) is 12.5. The zero-order chi connectivity index (χ0) is 21.6. The van der Waals surface area contributed by atoms with E-state index in [1.807, 2.05) is 18.2 Å². The van der Waals surface area contributed by atoms with Crippen LogP contribution in [0.4, 0.5) is 4.39 Å². The molecule has 2 aromatic rings. The molecule has 0 aliphatic heterocycles. The quantitative estimate of drug-likeness (QED) is 0.416. The molecular formula is C29H36FN. The second-order valence-electron chi connectivity index (χ2n) is 9.88. The summed E-state index contributed by atoms with van der Waals surface area (Å²) in [4.78, 5) is 0. The van der Waals surface area contributed by atoms with E-state index in [4.69, 9.17) is 5.26 Å². The Morgan fingerprint density at radius 1 is 0.903 bits per heavy atom. The SMILES string of the molecule is CCCCCCC1CCC(c2ccc(C3CCc4cc(C#N)ccc4C3)c(F)c2)CC1. The third kappa shape index (κ3) is 5.38. The Hall–Kier alpha value is -2.14. The standard InChI is InChI=1S/C29H36FN/c1-2-3-4-5-6-21-7-10-23(11-8-21)26-15-16-28(29(30)19-26)27-14-13-24-17-22(20-31)9-12-25(24)18-27/h9,12,15-17,19,21,23,27H,2-8,10-11,13-14,18H2,1H3. The molecule has 0 spiro atoms. The van der Waals surface area contributed by atoms with Crippen molar-refractivity contribution in [3.8, 4) is 6.07 Å². The number of unbranched alkanes of at least 4 members (excludes halogenated alkanes) is 3. The van der Waals surface area contributed by atoms with E-state index >= 15 is 4.39 Å². The molecule has 0 bridgehead atoms. The normalized spacial score (nSPS) is 23.2. The first-order chi connectivity index (χ1) is 15.2. The van der Waals surface area contributed by atoms with E-state index in [1.165, 1.54) is 74.5 Å². The molecule has 2 heteroatoms. The lowest BCUT2D eigenvalue weighted by atomic mass is 9.76. The summed E-state index contributed by atoms with van der Waals surface area (Å²) in [7, 11) is 0. The van der Waals surface area contributed by atoms with Gasteiger partial charge < -0.3 is 0 Å². The lowest BCUT2D eigenvalue weighted by Gasteiger charge is -2.30. The minimum absolute atomic E-state index is 0.0127. The Labute approximate surface area is 187 Å². The third-order valence-corrected chi connectivity index (χ3v) is 7.81. The van der Waals surface area contributed by atoms with Gasteiger partial charge in [-0.1, -0.05) is 57.2 Å². The minimum Gasteiger partial charge on any atom is -0.207 e. The van der Waals surface area contributed by atoms with Gasteiger partial charge in [0.25, 0.3) is 0 Å². The van der Waals surface area contributed by atoms with E-state index < -0.39 is 0 Å². The largest absolute Gasteiger partial charge is 0.207 e. The molecule has 1 unspecified atom stereocenters. The maximum absolute atomic E-state index is 15.2. The van der Waals surface area contributed by atoms with Crippen LogP contribution in [0.5, 0.6) is 0 Å². The van der Waals surface area contributed by atoms with E-state index in [-0.39, 0.29) is 11.7 Å². The van der Waals surface area contributed by atoms with Crippen molar-refractivity contribution in [3.05, 3.63) is 70.0 Å². The van der Waals surface area contributed by atoms with Crippen LogP contribution >= 0.6 is 0 Å². The fraction of sp³-hybridized carbons (Fsp3) is 0.552. The monoisotopic (exact) mass is 417 g/mol. The highest BCUT2D eigenvalue weighted by Crippen LogP contribution is 2.40. The number of nitriles is 1. The van der Waals surface area contributed by atoms with E-state index in [0.29, 0.717) is 5.92 Å². The molecule has 0 amide bonds. The Kier molecular flexibility index (Phi) is 7.44. The topological polar surface area (TPSA) is 23.8 Å². The van der Waals surface area contributed by atoms with Gasteiger partial charge in [0.05, 0.1) is 11.6 Å². The van der Waals surface area contributed by atoms with E-state index in [0.717, 1.165) is 36.3 Å². The summed E-state index contributed by atoms with van der Waals surface area (Å²) < 4.78 is 15.2. The molecule has 31 heavy (non-hydrogen) atoms. The number of hydrogen-bond acceptors (Lipinski definition) is 1. The van der Waals surface area contributed by atoms with Gasteiger partial charge in [-0.3, -0.25) is 0 Å². The van der Waals surface area contributed by atoms with Crippen molar-refractivity contribution in [2.24, 2.45) is 5.92 Å². The third-order valence-electron chi connectivity index (χ3n) is 7.81. The molecule has 0 N–H and O–H groups in total. The molecule has 4 rings (SSSR count). The summed E-state index contributed by atoms with van der Waals surface area (Å²) in [6.07, 6.45) is 14.7. The zero-order valence-electron chi connectivity index (χ0n) is 19.0. The van der Waals surface area contributed by atoms with Crippen LogP contribution < -0.4 is 0 Å². The molecule has 0 heterocycles. The van der Waals surface area contributed by atoms with Gasteiger partial charge >= 0.3 is 0 Å². The van der Waals surface area contributed by atoms with Crippen molar-refractivity contribution in [1.29, 1.82) is 5.26 Å². The molecule has 2 aliphatic carbocycles. The molecule has 1 nitrogen and oxygen atoms in total. The molecule has 0 radical (unpaired) electrons. The summed E-state index contributed by atoms with van der Waals surface area (Å²) in [5, 5.41) is 9.11. The van der Waals surface area contributed by atoms with Gasteiger partial charge in [-0.2, -0.15) is 5.26 Å². The molecule has 1 fully saturated rings. The summed E-state index contributed by atoms with van der Waals surface area (Å²) in [5.74, 6) is 1.66. The maximum Gasteiger partial charge on any atom is 0.126 e. The van der Waals surface area contributed by atoms with Crippen LogP contribution in [-0.2, 0) is 12.8 Å². The number of hydrogen-bond donors (Lipinski definition) is 0. The Morgan fingerprint density at radius 3 is 2.48 bits per heavy atom. The van der Waals surface area contributed by atoms with Crippen molar-refractivity contribution in [2.45, 2.75) is 95.8 Å². The fourth-order valence-corrected chi connectivity index (χ4v) is 5.86. The van der Waals surface area contributed by atoms with Gasteiger partial charge in [0.2, 0.25) is 0 Å². The van der Waals surface area contributed by atoms with Crippen LogP contribution in [0.15, 0.2) is 36.4 Å². The van der Waals surface area contributed by atoms with Crippen LogP contribution in [0.1, 0.15) is 111 Å². The molecule has 1 atom stereocenters. The van der Waals surface area contributed by atoms with Crippen molar-refractivity contribution in [3.63, 3.8) is 0 Å². The van der Waals surface area contributed by atoms with Crippen molar-refractivity contribution < 1.29 is 4.39 Å². The first-order valence-corrected chi connectivity index (χ1v) is 12.5. The van der Waals surface area contributed by atoms with Crippen LogP contribution in [0.25, 0.3) is 0 Å². The molecular weight excluding hydrogens is 381 g/mol. The summed E-state index contributed by atoms with van der Waals surface area (Å²) >= 11 is 0. The first kappa shape index (κ1) is 22.1. The molecule has 2 aliphatic rings. The maximum atomic E-state index is 15.2. The van der Waals surface area contributed by atoms with Gasteiger partial charge in [-0.15, -0.1) is 0 Å². The smallest absolute Gasteiger partial charge is 0.126 e. The fourth-order valence-electron chi connectivity index (χ4n) is 5.86. The average molecular weight is 418 g/mol. The van der Waals surface area contributed by atoms with Crippen molar-refractivity contribution in [1.82, 2.24) is 0 Å². The summed E-state index contributed by atoms with van der Waals surface area (Å²) in [5.41, 5.74) is 5.35. The average Bonchev–Trinajstić information content (AvgIpc) is 2.81. The number of benzene rings is 2. The predicted molar refractivity (Wildman–Crippen MR) is 126 cm³/mol. The van der Waals surface area contributed by atoms with Crippen LogP contribution in [0.3, 0.4) is 0 Å². The number of halogens is 1. The van der Waals surface area contributed by atoms with E-state index in [9.17, 15) is 0 Å². The summed E-state index contributed by atoms with van der Waals surface area (Å²) in [6.45, 7) is 2.27. The highest BCUT2D eigenvalue weighted by molar-refractivity contribution is 5.41. The second kappa shape index (κ2) is 10.4. The van der Waals surface area contributed by atoms with E-state index in [1.54, 1.807) is 0 Å². The minimum atomic E-state index is -0.0127. The highest BCUT2D eigenvalue weighted by atomic mass is 19.1. The lowest BCUT2D eigenvalue weighted by Crippen LogP contribution is -2.16. The lowest BCUT2D eigenvalue weighted by molar-refractivity contribution is 0.301. The van der Waals surface area contributed by atoms with Crippen molar-refractivity contribution >= 4 is 0 Å². The second-order valence-corrected chi connectivity index (χ2v) is 9.88. The van der Waals surface area contributed by atoms with Gasteiger partial charge in [-0.05, 0) is 103 Å². The molecule has 2 aromatic carbocycles. The highest BCUT2D eigenvalue weighted by Gasteiger charge is 2.26. The number of fused-ring (bicyclic) bond motifs is 1. The number of nitrogens with zero attached hydrogens (tertiary/aromatic N) is 1. The molecule has 1 saturated carbocycles. The Morgan fingerprint density at radius 2 is 1.74 bits per heavy atom. The van der Waals surface area contributed by atoms with Gasteiger partial charge in [0.15, 0.2) is 0 Å². The van der Waals surface area contributed by atoms with Crippen LogP contribution in [0.2, 0.25) is 0 Å². The Bertz CT molecular complexity index is 917. The van der Waals surface area contributed by atoms with Gasteiger partial charge in [0.1, 0.15) is 5.82 Å². The molecule has 164 valence electrons. The zero-order valence-corrected chi connectivity index (χ0v) is 19.0. The van der Waals surface area contributed by atoms with Gasteiger partial charge in [-0.25, -0.2) is 4.39 Å².